The van der Waals surface area contributed by atoms with Crippen LogP contribution < -0.4 is 9.64 Å². The number of aryl methyl sites for hydroxylation is 2. The number of rotatable bonds is 2. The Bertz CT molecular complexity index is 1600. The minimum Gasteiger partial charge on any atom is -0.490 e. The molecule has 0 aliphatic carbocycles. The number of anilines is 1. The second-order valence-corrected chi connectivity index (χ2v) is 11.8. The molecule has 1 atom stereocenters. The van der Waals surface area contributed by atoms with Crippen LogP contribution in [0.3, 0.4) is 0 Å². The summed E-state index contributed by atoms with van der Waals surface area (Å²) in [6.07, 6.45) is 3.46. The van der Waals surface area contributed by atoms with Gasteiger partial charge in [-0.25, -0.2) is 4.98 Å². The van der Waals surface area contributed by atoms with Crippen molar-refractivity contribution in [1.29, 1.82) is 0 Å². The Morgan fingerprint density at radius 3 is 2.66 bits per heavy atom. The number of carboxylic acid groups (broad SMARTS) is 1. The molecule has 0 amide bonds. The third-order valence-corrected chi connectivity index (χ3v) is 8.47. The summed E-state index contributed by atoms with van der Waals surface area (Å²) in [5.74, 6) is 0.808. The SMILES string of the molecule is Cc1ccc2c(c1)-c1cccc(c1)-c1cc3nc(C)c(CC(=O)O)c(n3n1)N1CCC(C)(CC1)OCCC[C@@H](C)O2. The minimum atomic E-state index is -0.878. The van der Waals surface area contributed by atoms with E-state index in [1.807, 2.05) is 23.6 Å². The Kier molecular flexibility index (Phi) is 7.20. The number of benzene rings is 2. The summed E-state index contributed by atoms with van der Waals surface area (Å²) in [6.45, 7) is 10.5. The zero-order chi connectivity index (χ0) is 28.7. The lowest BCUT2D eigenvalue weighted by Crippen LogP contribution is -2.45. The molecule has 3 aliphatic heterocycles. The molecule has 1 fully saturated rings. The smallest absolute Gasteiger partial charge is 0.308 e. The van der Waals surface area contributed by atoms with Crippen LogP contribution in [0.5, 0.6) is 5.75 Å². The van der Waals surface area contributed by atoms with Crippen molar-refractivity contribution >= 4 is 17.4 Å². The van der Waals surface area contributed by atoms with Gasteiger partial charge in [-0.15, -0.1) is 0 Å². The second-order valence-electron chi connectivity index (χ2n) is 11.8. The van der Waals surface area contributed by atoms with Gasteiger partial charge in [0.15, 0.2) is 5.65 Å². The Balaban J connectivity index is 1.52. The van der Waals surface area contributed by atoms with Crippen LogP contribution in [0.15, 0.2) is 48.5 Å². The molecular weight excluding hydrogens is 516 g/mol. The number of ether oxygens (including phenoxy) is 2. The van der Waals surface area contributed by atoms with E-state index in [9.17, 15) is 9.90 Å². The molecule has 214 valence electrons. The molecule has 2 aromatic carbocycles. The van der Waals surface area contributed by atoms with E-state index < -0.39 is 5.97 Å². The normalized spacial score (nSPS) is 21.2. The molecule has 4 aromatic rings. The van der Waals surface area contributed by atoms with Crippen LogP contribution in [0.25, 0.3) is 28.0 Å². The molecule has 0 spiro atoms. The van der Waals surface area contributed by atoms with Gasteiger partial charge in [0.2, 0.25) is 0 Å². The third kappa shape index (κ3) is 5.53. The number of aliphatic carboxylic acids is 1. The summed E-state index contributed by atoms with van der Waals surface area (Å²) in [4.78, 5) is 19.0. The molecular formula is C33H38N4O4. The van der Waals surface area contributed by atoms with Crippen molar-refractivity contribution < 1.29 is 19.4 Å². The fourth-order valence-corrected chi connectivity index (χ4v) is 6.08. The molecule has 1 saturated heterocycles. The zero-order valence-corrected chi connectivity index (χ0v) is 24.3. The molecule has 41 heavy (non-hydrogen) atoms. The van der Waals surface area contributed by atoms with Gasteiger partial charge >= 0.3 is 5.97 Å². The van der Waals surface area contributed by atoms with Crippen LogP contribution in [0.1, 0.15) is 56.4 Å². The van der Waals surface area contributed by atoms with Crippen molar-refractivity contribution in [2.45, 2.75) is 71.5 Å². The van der Waals surface area contributed by atoms with E-state index in [-0.39, 0.29) is 18.1 Å². The topological polar surface area (TPSA) is 89.2 Å². The van der Waals surface area contributed by atoms with E-state index in [4.69, 9.17) is 19.6 Å². The van der Waals surface area contributed by atoms with Crippen molar-refractivity contribution in [3.63, 3.8) is 0 Å². The highest BCUT2D eigenvalue weighted by Crippen LogP contribution is 2.37. The standard InChI is InChI=1S/C33H38N4O4/c1-21-10-11-29-27(17-21)24-8-5-9-25(18-24)28-20-30-34-23(3)26(19-31(38)39)32(37(30)35-28)36-14-12-33(4,13-15-36)40-16-6-7-22(2)41-29/h5,8-11,17-18,20,22H,6-7,12-16,19H2,1-4H3,(H,38,39)/t22-/m1/s1. The highest BCUT2D eigenvalue weighted by atomic mass is 16.5. The number of carbonyl (C=O) groups is 1. The fraction of sp³-hybridized carbons (Fsp3) is 0.424. The Hall–Kier alpha value is -3.91. The van der Waals surface area contributed by atoms with Crippen LogP contribution >= 0.6 is 0 Å². The zero-order valence-electron chi connectivity index (χ0n) is 24.3. The highest BCUT2D eigenvalue weighted by molar-refractivity contribution is 5.78. The van der Waals surface area contributed by atoms with Crippen molar-refractivity contribution in [3.05, 3.63) is 65.4 Å². The van der Waals surface area contributed by atoms with E-state index in [0.717, 1.165) is 84.0 Å². The van der Waals surface area contributed by atoms with E-state index in [0.29, 0.717) is 17.8 Å². The van der Waals surface area contributed by atoms with Gasteiger partial charge in [0.25, 0.3) is 0 Å². The van der Waals surface area contributed by atoms with E-state index in [2.05, 4.69) is 62.1 Å². The fourth-order valence-electron chi connectivity index (χ4n) is 6.08. The van der Waals surface area contributed by atoms with E-state index in [1.165, 1.54) is 0 Å². The first-order chi connectivity index (χ1) is 19.7. The second kappa shape index (κ2) is 10.8. The van der Waals surface area contributed by atoms with Gasteiger partial charge in [-0.05, 0) is 77.1 Å². The van der Waals surface area contributed by atoms with Gasteiger partial charge < -0.3 is 19.5 Å². The lowest BCUT2D eigenvalue weighted by Gasteiger charge is -2.41. The first-order valence-electron chi connectivity index (χ1n) is 14.6. The number of hydrogen-bond donors (Lipinski definition) is 1. The Morgan fingerprint density at radius 1 is 1.10 bits per heavy atom. The molecule has 1 N–H and O–H groups in total. The van der Waals surface area contributed by atoms with Crippen LogP contribution in [-0.4, -0.2) is 57.1 Å². The number of hydrogen-bond acceptors (Lipinski definition) is 6. The predicted octanol–water partition coefficient (Wildman–Crippen LogP) is 6.24. The van der Waals surface area contributed by atoms with Crippen LogP contribution in [0.2, 0.25) is 0 Å². The molecule has 3 aliphatic rings. The van der Waals surface area contributed by atoms with E-state index in [1.54, 1.807) is 0 Å². The van der Waals surface area contributed by atoms with Crippen molar-refractivity contribution in [2.75, 3.05) is 24.6 Å². The number of nitrogens with zero attached hydrogens (tertiary/aromatic N) is 4. The predicted molar refractivity (Wildman–Crippen MR) is 160 cm³/mol. The molecule has 0 radical (unpaired) electrons. The van der Waals surface area contributed by atoms with Gasteiger partial charge in [0.1, 0.15) is 11.6 Å². The maximum absolute atomic E-state index is 11.9. The quantitative estimate of drug-likeness (QED) is 0.314. The molecule has 7 rings (SSSR count). The Morgan fingerprint density at radius 2 is 1.88 bits per heavy atom. The van der Waals surface area contributed by atoms with Gasteiger partial charge in [-0.1, -0.05) is 29.8 Å². The average molecular weight is 555 g/mol. The summed E-state index contributed by atoms with van der Waals surface area (Å²) in [5, 5.41) is 14.8. The lowest BCUT2D eigenvalue weighted by atomic mass is 9.92. The maximum Gasteiger partial charge on any atom is 0.308 e. The molecule has 8 heteroatoms. The largest absolute Gasteiger partial charge is 0.490 e. The van der Waals surface area contributed by atoms with Crippen molar-refractivity contribution in [3.8, 4) is 28.1 Å². The van der Waals surface area contributed by atoms with Crippen molar-refractivity contribution in [1.82, 2.24) is 14.6 Å². The van der Waals surface area contributed by atoms with Gasteiger partial charge in [0, 0.05) is 48.1 Å². The number of fused-ring (bicyclic) bond motifs is 7. The highest BCUT2D eigenvalue weighted by Gasteiger charge is 2.33. The minimum absolute atomic E-state index is 0.0533. The molecule has 6 bridgehead atoms. The maximum atomic E-state index is 11.9. The molecule has 5 heterocycles. The third-order valence-electron chi connectivity index (χ3n) is 8.47. The summed E-state index contributed by atoms with van der Waals surface area (Å²) in [7, 11) is 0. The van der Waals surface area contributed by atoms with Crippen LogP contribution in [0.4, 0.5) is 5.82 Å². The number of carboxylic acids is 1. The summed E-state index contributed by atoms with van der Waals surface area (Å²) in [6, 6.07) is 16.7. The Labute approximate surface area is 240 Å². The number of piperidine rings is 1. The first-order valence-corrected chi connectivity index (χ1v) is 14.6. The first kappa shape index (κ1) is 27.3. The van der Waals surface area contributed by atoms with Crippen LogP contribution in [0, 0.1) is 13.8 Å². The average Bonchev–Trinajstić information content (AvgIpc) is 3.36. The molecule has 0 unspecified atom stereocenters. The van der Waals surface area contributed by atoms with Gasteiger partial charge in [0.05, 0.1) is 23.8 Å². The van der Waals surface area contributed by atoms with E-state index >= 15 is 0 Å². The summed E-state index contributed by atoms with van der Waals surface area (Å²) >= 11 is 0. The lowest BCUT2D eigenvalue weighted by molar-refractivity contribution is -0.136. The van der Waals surface area contributed by atoms with Gasteiger partial charge in [-0.3, -0.25) is 4.79 Å². The van der Waals surface area contributed by atoms with Crippen molar-refractivity contribution in [2.24, 2.45) is 0 Å². The molecule has 0 saturated carbocycles. The molecule has 8 nitrogen and oxygen atoms in total. The number of aromatic nitrogens is 3. The molecule has 2 aromatic heterocycles. The van der Waals surface area contributed by atoms with Crippen LogP contribution in [-0.2, 0) is 16.0 Å². The summed E-state index contributed by atoms with van der Waals surface area (Å²) < 4.78 is 14.8. The monoisotopic (exact) mass is 554 g/mol. The van der Waals surface area contributed by atoms with Gasteiger partial charge in [-0.2, -0.15) is 9.61 Å². The summed E-state index contributed by atoms with van der Waals surface area (Å²) in [5.41, 5.74) is 6.93.